The van der Waals surface area contributed by atoms with Crippen molar-refractivity contribution < 1.29 is 14.6 Å². The van der Waals surface area contributed by atoms with Crippen LogP contribution in [0.15, 0.2) is 0 Å². The molecule has 1 aliphatic heterocycles. The molecule has 1 heterocycles. The molecular formula is C12H13BrO3. The molecular weight excluding hydrogens is 272 g/mol. The van der Waals surface area contributed by atoms with Gasteiger partial charge in [-0.1, -0.05) is 15.9 Å². The molecule has 6 saturated carbocycles. The van der Waals surface area contributed by atoms with Crippen LogP contribution in [0.5, 0.6) is 0 Å². The molecule has 0 radical (unpaired) electrons. The first kappa shape index (κ1) is 8.46. The summed E-state index contributed by atoms with van der Waals surface area (Å²) in [7, 11) is 0. The predicted molar refractivity (Wildman–Crippen MR) is 56.8 cm³/mol. The van der Waals surface area contributed by atoms with Crippen molar-refractivity contribution in [3.05, 3.63) is 0 Å². The Morgan fingerprint density at radius 3 is 2.31 bits per heavy atom. The van der Waals surface area contributed by atoms with Crippen LogP contribution in [0.1, 0.15) is 0 Å². The molecule has 0 unspecified atom stereocenters. The van der Waals surface area contributed by atoms with Gasteiger partial charge in [-0.3, -0.25) is 0 Å². The summed E-state index contributed by atoms with van der Waals surface area (Å²) in [6, 6.07) is 0. The smallest absolute Gasteiger partial charge is 0.187 e. The predicted octanol–water partition coefficient (Wildman–Crippen LogP) is 0.607. The first-order chi connectivity index (χ1) is 7.75. The van der Waals surface area contributed by atoms with E-state index in [4.69, 9.17) is 9.47 Å². The van der Waals surface area contributed by atoms with Gasteiger partial charge in [0.1, 0.15) is 0 Å². The molecule has 1 saturated heterocycles. The summed E-state index contributed by atoms with van der Waals surface area (Å²) >= 11 is 4.02. The minimum absolute atomic E-state index is 0.0594. The summed E-state index contributed by atoms with van der Waals surface area (Å²) in [4.78, 5) is 0. The molecule has 0 aromatic rings. The van der Waals surface area contributed by atoms with Gasteiger partial charge in [-0.2, -0.15) is 0 Å². The van der Waals surface area contributed by atoms with Crippen LogP contribution in [0.25, 0.3) is 0 Å². The summed E-state index contributed by atoms with van der Waals surface area (Å²) in [6.45, 7) is 1.89. The summed E-state index contributed by atoms with van der Waals surface area (Å²) in [5.74, 6) is 3.92. The quantitative estimate of drug-likeness (QED) is 0.717. The Bertz CT molecular complexity index is 448. The van der Waals surface area contributed by atoms with E-state index < -0.39 is 0 Å². The van der Waals surface area contributed by atoms with E-state index >= 15 is 0 Å². The van der Waals surface area contributed by atoms with E-state index in [2.05, 4.69) is 15.9 Å². The Labute approximate surface area is 102 Å². The summed E-state index contributed by atoms with van der Waals surface area (Å²) in [6.07, 6.45) is 0. The number of rotatable bonds is 1. The van der Waals surface area contributed by atoms with Crippen LogP contribution in [-0.4, -0.2) is 35.0 Å². The molecule has 16 heavy (non-hydrogen) atoms. The topological polar surface area (TPSA) is 38.7 Å². The first-order valence-corrected chi connectivity index (χ1v) is 7.12. The van der Waals surface area contributed by atoms with Crippen LogP contribution in [0.2, 0.25) is 0 Å². The number of hydrogen-bond acceptors (Lipinski definition) is 3. The third-order valence-electron chi connectivity index (χ3n) is 6.85. The largest absolute Gasteiger partial charge is 0.396 e. The molecule has 2 bridgehead atoms. The highest BCUT2D eigenvalue weighted by Crippen LogP contribution is 3.04. The number of aliphatic hydroxyl groups is 1. The Hall–Kier alpha value is 0.360. The van der Waals surface area contributed by atoms with Crippen molar-refractivity contribution in [1.29, 1.82) is 0 Å². The molecule has 4 heteroatoms. The van der Waals surface area contributed by atoms with E-state index in [9.17, 15) is 5.11 Å². The third kappa shape index (κ3) is 0.428. The number of halogens is 1. The van der Waals surface area contributed by atoms with E-state index in [1.807, 2.05) is 0 Å². The zero-order valence-corrected chi connectivity index (χ0v) is 10.3. The number of hydrogen-bond donors (Lipinski definition) is 1. The molecule has 0 aromatic heterocycles. The Balaban J connectivity index is 1.63. The molecule has 1 N–H and O–H groups in total. The molecule has 0 amide bonds. The van der Waals surface area contributed by atoms with Crippen molar-refractivity contribution >= 4 is 15.9 Å². The molecule has 6 aliphatic carbocycles. The van der Waals surface area contributed by atoms with Crippen molar-refractivity contribution in [2.75, 3.05) is 19.8 Å². The van der Waals surface area contributed by atoms with Crippen LogP contribution >= 0.6 is 15.9 Å². The summed E-state index contributed by atoms with van der Waals surface area (Å²) in [5, 5.41) is 9.74. The number of alkyl halides is 1. The SMILES string of the molecule is OC[C@@]12[C@@H]3[C@@H]4[C@@H]5[C@@H]1[C@H]2[C@@](Br)([C@H]43)C51OCCO1. The van der Waals surface area contributed by atoms with Gasteiger partial charge in [-0.15, -0.1) is 0 Å². The van der Waals surface area contributed by atoms with Crippen LogP contribution in [-0.2, 0) is 9.47 Å². The lowest BCUT2D eigenvalue weighted by molar-refractivity contribution is -0.193. The van der Waals surface area contributed by atoms with Gasteiger partial charge in [0.05, 0.1) is 17.5 Å². The van der Waals surface area contributed by atoms with E-state index in [1.165, 1.54) is 0 Å². The molecule has 7 rings (SSSR count). The maximum Gasteiger partial charge on any atom is 0.187 e. The second-order valence-electron chi connectivity index (χ2n) is 6.56. The highest BCUT2D eigenvalue weighted by Gasteiger charge is 3.08. The van der Waals surface area contributed by atoms with Crippen molar-refractivity contribution in [2.24, 2.45) is 40.9 Å². The van der Waals surface area contributed by atoms with Gasteiger partial charge in [-0.25, -0.2) is 0 Å². The van der Waals surface area contributed by atoms with E-state index in [0.717, 1.165) is 31.0 Å². The normalized spacial score (nSPS) is 77.6. The third-order valence-corrected chi connectivity index (χ3v) is 8.42. The van der Waals surface area contributed by atoms with Gasteiger partial charge >= 0.3 is 0 Å². The maximum absolute atomic E-state index is 9.74. The van der Waals surface area contributed by atoms with Crippen LogP contribution < -0.4 is 0 Å². The molecule has 8 atom stereocenters. The van der Waals surface area contributed by atoms with Gasteiger partial charge in [0, 0.05) is 17.9 Å². The zero-order chi connectivity index (χ0) is 10.5. The lowest BCUT2D eigenvalue weighted by atomic mass is 9.94. The van der Waals surface area contributed by atoms with Crippen molar-refractivity contribution in [3.8, 4) is 0 Å². The van der Waals surface area contributed by atoms with E-state index in [-0.39, 0.29) is 15.5 Å². The second kappa shape index (κ2) is 1.85. The lowest BCUT2D eigenvalue weighted by Gasteiger charge is -2.37. The van der Waals surface area contributed by atoms with Gasteiger partial charge < -0.3 is 14.6 Å². The van der Waals surface area contributed by atoms with Gasteiger partial charge in [0.15, 0.2) is 5.79 Å². The van der Waals surface area contributed by atoms with Gasteiger partial charge in [0.25, 0.3) is 0 Å². The fraction of sp³-hybridized carbons (Fsp3) is 1.00. The fourth-order valence-electron chi connectivity index (χ4n) is 6.92. The van der Waals surface area contributed by atoms with Gasteiger partial charge in [-0.05, 0) is 29.6 Å². The van der Waals surface area contributed by atoms with Crippen LogP contribution in [0.4, 0.5) is 0 Å². The minimum Gasteiger partial charge on any atom is -0.396 e. The molecule has 7 fully saturated rings. The highest BCUT2D eigenvalue weighted by molar-refractivity contribution is 9.10. The van der Waals surface area contributed by atoms with Crippen molar-refractivity contribution in [1.82, 2.24) is 0 Å². The summed E-state index contributed by atoms with van der Waals surface area (Å²) in [5.41, 5.74) is 0.282. The van der Waals surface area contributed by atoms with Crippen LogP contribution in [0.3, 0.4) is 0 Å². The average Bonchev–Trinajstić information content (AvgIpc) is 2.97. The van der Waals surface area contributed by atoms with Gasteiger partial charge in [0.2, 0.25) is 0 Å². The zero-order valence-electron chi connectivity index (χ0n) is 8.73. The second-order valence-corrected chi connectivity index (χ2v) is 7.87. The van der Waals surface area contributed by atoms with E-state index in [0.29, 0.717) is 24.4 Å². The Morgan fingerprint density at radius 1 is 1.12 bits per heavy atom. The van der Waals surface area contributed by atoms with Crippen molar-refractivity contribution in [3.63, 3.8) is 0 Å². The van der Waals surface area contributed by atoms with Crippen molar-refractivity contribution in [2.45, 2.75) is 10.1 Å². The average molecular weight is 285 g/mol. The van der Waals surface area contributed by atoms with Crippen LogP contribution in [0, 0.1) is 40.9 Å². The summed E-state index contributed by atoms with van der Waals surface area (Å²) < 4.78 is 12.1. The number of ether oxygens (including phenoxy) is 2. The first-order valence-electron chi connectivity index (χ1n) is 6.33. The molecule has 1 spiro atoms. The lowest BCUT2D eigenvalue weighted by Crippen LogP contribution is -2.50. The Morgan fingerprint density at radius 2 is 1.88 bits per heavy atom. The molecule has 7 aliphatic rings. The molecule has 86 valence electrons. The molecule has 3 nitrogen and oxygen atoms in total. The minimum atomic E-state index is -0.302. The molecule has 0 aromatic carbocycles. The highest BCUT2D eigenvalue weighted by atomic mass is 79.9. The maximum atomic E-state index is 9.74. The number of aliphatic hydroxyl groups excluding tert-OH is 1. The Kier molecular flexibility index (Phi) is 0.979. The monoisotopic (exact) mass is 284 g/mol. The fourth-order valence-corrected chi connectivity index (χ4v) is 8.71. The standard InChI is InChI=1S/C12H13BrO3/c13-11-6-4-5(6)10(3-14)8(9(10)11)7(4)12(11)15-1-2-16-12/h4-9,14H,1-3H2/t4-,5+,6+,7+,8+,9+,10+,11-/m0/s1. The van der Waals surface area contributed by atoms with E-state index in [1.54, 1.807) is 0 Å².